The van der Waals surface area contributed by atoms with Crippen LogP contribution in [-0.2, 0) is 0 Å². The van der Waals surface area contributed by atoms with Crippen molar-refractivity contribution in [2.75, 3.05) is 27.2 Å². The Balaban J connectivity index is 1.57. The summed E-state index contributed by atoms with van der Waals surface area (Å²) in [6.45, 7) is 2.27. The molecule has 3 aliphatic rings. The molecule has 2 saturated carbocycles. The highest BCUT2D eigenvalue weighted by molar-refractivity contribution is 7.80. The quantitative estimate of drug-likeness (QED) is 0.806. The van der Waals surface area contributed by atoms with E-state index in [-0.39, 0.29) is 0 Å². The standard InChI is InChI=1S/C16H29N3S/c1-18(2)11-14-5-3-4-8-19(14)16(20)17-15-10-12-6-7-13(15)9-12/h12-15H,3-11H2,1-2H3,(H,17,20)/t12-,13-,14+,15+/m0/s1. The Hall–Kier alpha value is -0.350. The molecule has 3 nitrogen and oxygen atoms in total. The van der Waals surface area contributed by atoms with E-state index in [9.17, 15) is 0 Å². The molecule has 114 valence electrons. The van der Waals surface area contributed by atoms with E-state index in [0.29, 0.717) is 12.1 Å². The normalized spacial score (nSPS) is 36.6. The van der Waals surface area contributed by atoms with Crippen molar-refractivity contribution >= 4 is 17.3 Å². The smallest absolute Gasteiger partial charge is 0.169 e. The SMILES string of the molecule is CN(C)C[C@H]1CCCCN1C(=S)N[C@@H]1C[C@H]2CC[C@H]1C2. The number of nitrogens with one attached hydrogen (secondary N) is 1. The van der Waals surface area contributed by atoms with Crippen LogP contribution in [0.4, 0.5) is 0 Å². The van der Waals surface area contributed by atoms with Crippen LogP contribution in [-0.4, -0.2) is 54.2 Å². The van der Waals surface area contributed by atoms with Gasteiger partial charge in [0, 0.05) is 25.2 Å². The van der Waals surface area contributed by atoms with Gasteiger partial charge in [-0.25, -0.2) is 0 Å². The van der Waals surface area contributed by atoms with Gasteiger partial charge in [0.15, 0.2) is 5.11 Å². The van der Waals surface area contributed by atoms with Crippen LogP contribution in [0.15, 0.2) is 0 Å². The summed E-state index contributed by atoms with van der Waals surface area (Å²) in [4.78, 5) is 4.77. The second kappa shape index (κ2) is 6.18. The highest BCUT2D eigenvalue weighted by Crippen LogP contribution is 2.44. The molecule has 0 aromatic carbocycles. The molecule has 1 saturated heterocycles. The Bertz CT molecular complexity index is 358. The summed E-state index contributed by atoms with van der Waals surface area (Å²) in [5.74, 6) is 1.88. The molecule has 20 heavy (non-hydrogen) atoms. The van der Waals surface area contributed by atoms with Gasteiger partial charge in [0.05, 0.1) is 0 Å². The van der Waals surface area contributed by atoms with E-state index in [2.05, 4.69) is 29.2 Å². The Morgan fingerprint density at radius 1 is 1.20 bits per heavy atom. The van der Waals surface area contributed by atoms with Crippen LogP contribution in [0, 0.1) is 11.8 Å². The third kappa shape index (κ3) is 3.11. The molecule has 3 fully saturated rings. The Kier molecular flexibility index (Phi) is 4.51. The van der Waals surface area contributed by atoms with E-state index in [4.69, 9.17) is 12.2 Å². The number of hydrogen-bond acceptors (Lipinski definition) is 2. The molecule has 2 bridgehead atoms. The maximum Gasteiger partial charge on any atom is 0.169 e. The number of rotatable bonds is 3. The minimum absolute atomic E-state index is 0.609. The van der Waals surface area contributed by atoms with Crippen molar-refractivity contribution in [3.63, 3.8) is 0 Å². The molecule has 4 atom stereocenters. The molecule has 0 radical (unpaired) electrons. The second-order valence-corrected chi connectivity index (χ2v) is 7.72. The maximum atomic E-state index is 5.75. The minimum Gasteiger partial charge on any atom is -0.360 e. The first-order chi connectivity index (χ1) is 9.63. The van der Waals surface area contributed by atoms with Crippen LogP contribution < -0.4 is 5.32 Å². The van der Waals surface area contributed by atoms with Crippen LogP contribution in [0.2, 0.25) is 0 Å². The first kappa shape index (κ1) is 14.6. The summed E-state index contributed by atoms with van der Waals surface area (Å²) < 4.78 is 0. The van der Waals surface area contributed by atoms with Crippen molar-refractivity contribution < 1.29 is 0 Å². The average molecular weight is 295 g/mol. The number of fused-ring (bicyclic) bond motifs is 2. The lowest BCUT2D eigenvalue weighted by molar-refractivity contribution is 0.190. The number of likely N-dealkylation sites (N-methyl/N-ethyl adjacent to an activating group) is 1. The van der Waals surface area contributed by atoms with E-state index in [1.807, 2.05) is 0 Å². The van der Waals surface area contributed by atoms with Gasteiger partial charge in [-0.2, -0.15) is 0 Å². The molecule has 0 spiro atoms. The highest BCUT2D eigenvalue weighted by Gasteiger charge is 2.40. The summed E-state index contributed by atoms with van der Waals surface area (Å²) in [7, 11) is 4.33. The molecule has 0 aromatic rings. The van der Waals surface area contributed by atoms with Crippen molar-refractivity contribution in [2.24, 2.45) is 11.8 Å². The zero-order valence-corrected chi connectivity index (χ0v) is 13.8. The molecule has 1 heterocycles. The summed E-state index contributed by atoms with van der Waals surface area (Å²) >= 11 is 5.75. The molecule has 1 N–H and O–H groups in total. The van der Waals surface area contributed by atoms with Crippen LogP contribution in [0.3, 0.4) is 0 Å². The molecule has 0 unspecified atom stereocenters. The van der Waals surface area contributed by atoms with Crippen molar-refractivity contribution in [1.82, 2.24) is 15.1 Å². The van der Waals surface area contributed by atoms with Crippen LogP contribution in [0.25, 0.3) is 0 Å². The molecule has 4 heteroatoms. The lowest BCUT2D eigenvalue weighted by Crippen LogP contribution is -2.54. The number of likely N-dealkylation sites (tertiary alicyclic amines) is 1. The van der Waals surface area contributed by atoms with Crippen LogP contribution >= 0.6 is 12.2 Å². The Morgan fingerprint density at radius 3 is 2.70 bits per heavy atom. The largest absolute Gasteiger partial charge is 0.360 e. The van der Waals surface area contributed by atoms with Crippen molar-refractivity contribution in [3.8, 4) is 0 Å². The Labute approximate surface area is 129 Å². The lowest BCUT2D eigenvalue weighted by Gasteiger charge is -2.40. The van der Waals surface area contributed by atoms with E-state index >= 15 is 0 Å². The van der Waals surface area contributed by atoms with Gasteiger partial charge in [-0.15, -0.1) is 0 Å². The van der Waals surface area contributed by atoms with Crippen molar-refractivity contribution in [3.05, 3.63) is 0 Å². The van der Waals surface area contributed by atoms with Crippen molar-refractivity contribution in [2.45, 2.75) is 57.0 Å². The van der Waals surface area contributed by atoms with Gasteiger partial charge in [-0.05, 0) is 76.7 Å². The zero-order valence-electron chi connectivity index (χ0n) is 13.0. The van der Waals surface area contributed by atoms with Gasteiger partial charge in [0.2, 0.25) is 0 Å². The molecule has 0 aromatic heterocycles. The fourth-order valence-electron chi connectivity index (χ4n) is 4.54. The second-order valence-electron chi connectivity index (χ2n) is 7.34. The molecule has 1 aliphatic heterocycles. The van der Waals surface area contributed by atoms with E-state index < -0.39 is 0 Å². The van der Waals surface area contributed by atoms with Gasteiger partial charge in [0.1, 0.15) is 0 Å². The Morgan fingerprint density at radius 2 is 2.05 bits per heavy atom. The molecule has 0 amide bonds. The number of nitrogens with zero attached hydrogens (tertiary/aromatic N) is 2. The third-order valence-corrected chi connectivity index (χ3v) is 5.86. The maximum absolute atomic E-state index is 5.75. The van der Waals surface area contributed by atoms with E-state index in [0.717, 1.165) is 30.0 Å². The van der Waals surface area contributed by atoms with Crippen LogP contribution in [0.5, 0.6) is 0 Å². The highest BCUT2D eigenvalue weighted by atomic mass is 32.1. The summed E-state index contributed by atoms with van der Waals surface area (Å²) in [5.41, 5.74) is 0. The number of hydrogen-bond donors (Lipinski definition) is 1. The first-order valence-corrected chi connectivity index (χ1v) is 8.76. The van der Waals surface area contributed by atoms with Gasteiger partial charge in [-0.3, -0.25) is 0 Å². The fourth-order valence-corrected chi connectivity index (χ4v) is 4.93. The molecule has 2 aliphatic carbocycles. The topological polar surface area (TPSA) is 18.5 Å². The predicted octanol–water partition coefficient (Wildman–Crippen LogP) is 2.47. The van der Waals surface area contributed by atoms with Crippen molar-refractivity contribution in [1.29, 1.82) is 0 Å². The predicted molar refractivity (Wildman–Crippen MR) is 87.9 cm³/mol. The summed E-state index contributed by atoms with van der Waals surface area (Å²) in [6, 6.07) is 1.28. The third-order valence-electron chi connectivity index (χ3n) is 5.51. The zero-order chi connectivity index (χ0) is 14.1. The van der Waals surface area contributed by atoms with E-state index in [1.54, 1.807) is 0 Å². The number of thiocarbonyl (C=S) groups is 1. The van der Waals surface area contributed by atoms with Gasteiger partial charge in [0.25, 0.3) is 0 Å². The van der Waals surface area contributed by atoms with Crippen LogP contribution in [0.1, 0.15) is 44.9 Å². The molecule has 3 rings (SSSR count). The number of piperidine rings is 1. The molecular formula is C16H29N3S. The van der Waals surface area contributed by atoms with E-state index in [1.165, 1.54) is 44.9 Å². The fraction of sp³-hybridized carbons (Fsp3) is 0.938. The molecular weight excluding hydrogens is 266 g/mol. The minimum atomic E-state index is 0.609. The summed E-state index contributed by atoms with van der Waals surface area (Å²) in [6.07, 6.45) is 9.62. The first-order valence-electron chi connectivity index (χ1n) is 8.35. The van der Waals surface area contributed by atoms with Gasteiger partial charge >= 0.3 is 0 Å². The monoisotopic (exact) mass is 295 g/mol. The lowest BCUT2D eigenvalue weighted by atomic mass is 9.95. The van der Waals surface area contributed by atoms with Gasteiger partial charge in [-0.1, -0.05) is 6.42 Å². The van der Waals surface area contributed by atoms with Gasteiger partial charge < -0.3 is 15.1 Å². The summed E-state index contributed by atoms with van der Waals surface area (Å²) in [5, 5.41) is 4.76. The average Bonchev–Trinajstić information content (AvgIpc) is 3.00.